The van der Waals surface area contributed by atoms with Crippen LogP contribution in [0.15, 0.2) is 104 Å². The molecule has 3 heterocycles. The van der Waals surface area contributed by atoms with Crippen molar-refractivity contribution in [2.24, 2.45) is 0 Å². The van der Waals surface area contributed by atoms with E-state index in [9.17, 15) is 27.2 Å². The van der Waals surface area contributed by atoms with Gasteiger partial charge in [0.1, 0.15) is 11.4 Å². The smallest absolute Gasteiger partial charge is 0.354 e. The Kier molecular flexibility index (Phi) is 20.6. The number of carbonyl (C=O) groups excluding carboxylic acids is 1. The number of aromatic carboxylic acids is 1. The first-order chi connectivity index (χ1) is 25.2. The second kappa shape index (κ2) is 24.8. The number of benzene rings is 2. The van der Waals surface area contributed by atoms with Crippen molar-refractivity contribution in [3.05, 3.63) is 145 Å². The molecule has 2 aromatic carbocycles. The molecule has 0 aliphatic carbocycles. The second-order valence-corrected chi connectivity index (χ2v) is 10.9. The molecule has 5 aromatic rings. The Morgan fingerprint density at radius 3 is 1.64 bits per heavy atom. The number of hydrogen-bond acceptors (Lipinski definition) is 7. The van der Waals surface area contributed by atoms with Crippen LogP contribution in [-0.2, 0) is 29.6 Å². The summed E-state index contributed by atoms with van der Waals surface area (Å²) < 4.78 is 62.0. The Labute approximate surface area is 319 Å². The molecule has 0 amide bonds. The molecule has 3 aromatic heterocycles. The summed E-state index contributed by atoms with van der Waals surface area (Å²) in [4.78, 5) is 33.2. The number of ether oxygens (including phenoxy) is 2. The average Bonchev–Trinajstić information content (AvgIpc) is 3.15. The number of unbranched alkanes of at least 4 members (excludes halogenated alkanes) is 6. The van der Waals surface area contributed by atoms with Crippen LogP contribution >= 0.6 is 0 Å². The van der Waals surface area contributed by atoms with Gasteiger partial charge in [-0.2, -0.15) is 0 Å². The van der Waals surface area contributed by atoms with E-state index in [0.717, 1.165) is 69.2 Å². The predicted molar refractivity (Wildman–Crippen MR) is 187 cm³/mol. The van der Waals surface area contributed by atoms with Gasteiger partial charge in [0, 0.05) is 61.8 Å². The quantitative estimate of drug-likeness (QED) is 0.0364. The summed E-state index contributed by atoms with van der Waals surface area (Å²) >= 11 is 0. The number of carboxylic acids is 1. The van der Waals surface area contributed by atoms with Gasteiger partial charge in [0.25, 0.3) is 0 Å². The number of pyridine rings is 3. The van der Waals surface area contributed by atoms with Gasteiger partial charge in [-0.1, -0.05) is 86.2 Å². The largest absolute Gasteiger partial charge is 0.492 e. The molecule has 0 spiro atoms. The maximum Gasteiger partial charge on any atom is 0.354 e. The van der Waals surface area contributed by atoms with Crippen LogP contribution in [0.3, 0.4) is 0 Å². The first kappa shape index (κ1) is 43.9. The van der Waals surface area contributed by atoms with Crippen LogP contribution < -0.4 is 4.74 Å². The zero-order chi connectivity index (χ0) is 37.6. The molecule has 0 unspecified atom stereocenters. The molecular weight excluding hydrogens is 871 g/mol. The van der Waals surface area contributed by atoms with Gasteiger partial charge < -0.3 is 24.5 Å². The molecule has 0 aliphatic rings. The monoisotopic (exact) mass is 908 g/mol. The summed E-state index contributed by atoms with van der Waals surface area (Å²) in [5.74, 6) is -3.38. The van der Waals surface area contributed by atoms with Gasteiger partial charge in [-0.3, -0.25) is 17.6 Å². The Hall–Kier alpha value is -5.26. The topological polar surface area (TPSA) is 112 Å². The molecule has 53 heavy (non-hydrogen) atoms. The molecule has 0 atom stereocenters. The Balaban J connectivity index is 0.000000287. The molecule has 8 nitrogen and oxygen atoms in total. The third kappa shape index (κ3) is 16.7. The fourth-order valence-electron chi connectivity index (χ4n) is 4.41. The van der Waals surface area contributed by atoms with Gasteiger partial charge in [-0.05, 0) is 48.5 Å². The number of hydrogen-bond donors (Lipinski definition) is 1. The number of halogens is 4. The van der Waals surface area contributed by atoms with Gasteiger partial charge in [0.2, 0.25) is 0 Å². The summed E-state index contributed by atoms with van der Waals surface area (Å²) in [5.41, 5.74) is 1.29. The van der Waals surface area contributed by atoms with Crippen LogP contribution in [0, 0.1) is 35.4 Å². The first-order valence-corrected chi connectivity index (χ1v) is 16.4. The number of carboxylic acid groups (broad SMARTS) is 1. The number of aromatic nitrogens is 3. The van der Waals surface area contributed by atoms with Gasteiger partial charge in [0.15, 0.2) is 0 Å². The minimum atomic E-state index is -1.04. The van der Waals surface area contributed by atoms with E-state index in [0.29, 0.717) is 30.4 Å². The van der Waals surface area contributed by atoms with Crippen LogP contribution in [0.1, 0.15) is 55.4 Å². The average molecular weight is 908 g/mol. The van der Waals surface area contributed by atoms with E-state index in [-0.39, 0.29) is 42.9 Å². The van der Waals surface area contributed by atoms with Crippen LogP contribution in [-0.4, -0.2) is 45.2 Å². The maximum absolute atomic E-state index is 13.2. The summed E-state index contributed by atoms with van der Waals surface area (Å²) in [6, 6.07) is 22.1. The van der Waals surface area contributed by atoms with Crippen LogP contribution in [0.4, 0.5) is 17.6 Å². The van der Waals surface area contributed by atoms with Gasteiger partial charge in [-0.25, -0.2) is 14.6 Å². The van der Waals surface area contributed by atoms with Crippen molar-refractivity contribution in [3.63, 3.8) is 0 Å². The zero-order valence-corrected chi connectivity index (χ0v) is 31.0. The molecule has 13 heteroatoms. The van der Waals surface area contributed by atoms with E-state index >= 15 is 0 Å². The standard InChI is InChI=1S/C18H25NO5.2C11H6F2N.Ir/c1-2-17(20)24-13-9-7-5-3-4-6-8-12-23-15-10-11-16(18(21)22)19-14-15;2*12-8-4-5-9(10(13)7-8)11-3-1-2-6-14-11;/h2,10-11,14H,1,3-9,12-13H2,(H,21,22);2*1-4,6-7H;/q;2*-1;. The Bertz CT molecular complexity index is 1750. The van der Waals surface area contributed by atoms with Crippen LogP contribution in [0.25, 0.3) is 22.5 Å². The molecule has 0 saturated heterocycles. The maximum atomic E-state index is 13.2. The van der Waals surface area contributed by atoms with Gasteiger partial charge in [-0.15, -0.1) is 24.3 Å². The van der Waals surface area contributed by atoms with E-state index < -0.39 is 29.2 Å². The third-order valence-corrected chi connectivity index (χ3v) is 6.98. The van der Waals surface area contributed by atoms with Crippen LogP contribution in [0.2, 0.25) is 0 Å². The van der Waals surface area contributed by atoms with Crippen molar-refractivity contribution in [1.29, 1.82) is 0 Å². The van der Waals surface area contributed by atoms with Crippen molar-refractivity contribution in [2.45, 2.75) is 44.9 Å². The molecule has 5 rings (SSSR count). The number of esters is 1. The molecule has 281 valence electrons. The number of rotatable bonds is 15. The molecule has 1 radical (unpaired) electrons. The summed E-state index contributed by atoms with van der Waals surface area (Å²) in [6.45, 7) is 4.41. The minimum absolute atomic E-state index is 0. The van der Waals surface area contributed by atoms with Gasteiger partial charge in [0.05, 0.1) is 19.4 Å². The molecule has 0 fully saturated rings. The van der Waals surface area contributed by atoms with Crippen molar-refractivity contribution in [3.8, 4) is 28.3 Å². The Morgan fingerprint density at radius 1 is 0.717 bits per heavy atom. The minimum Gasteiger partial charge on any atom is -0.492 e. The fourth-order valence-corrected chi connectivity index (χ4v) is 4.41. The summed E-state index contributed by atoms with van der Waals surface area (Å²) in [7, 11) is 0. The third-order valence-electron chi connectivity index (χ3n) is 6.98. The van der Waals surface area contributed by atoms with Crippen molar-refractivity contribution < 1.29 is 61.8 Å². The van der Waals surface area contributed by atoms with E-state index in [1.807, 2.05) is 0 Å². The first-order valence-electron chi connectivity index (χ1n) is 16.4. The second-order valence-electron chi connectivity index (χ2n) is 10.9. The summed E-state index contributed by atoms with van der Waals surface area (Å²) in [5, 5.41) is 8.75. The molecular formula is C40H37F4IrN3O5-2. The predicted octanol–water partition coefficient (Wildman–Crippen LogP) is 9.27. The van der Waals surface area contributed by atoms with E-state index in [2.05, 4.69) is 33.7 Å². The Morgan fingerprint density at radius 2 is 1.23 bits per heavy atom. The molecule has 0 aliphatic heterocycles. The van der Waals surface area contributed by atoms with Crippen molar-refractivity contribution >= 4 is 11.9 Å². The van der Waals surface area contributed by atoms with Gasteiger partial charge >= 0.3 is 11.9 Å². The zero-order valence-electron chi connectivity index (χ0n) is 28.6. The normalized spacial score (nSPS) is 9.96. The molecule has 0 bridgehead atoms. The van der Waals surface area contributed by atoms with Crippen molar-refractivity contribution in [2.75, 3.05) is 13.2 Å². The van der Waals surface area contributed by atoms with E-state index in [1.165, 1.54) is 18.3 Å². The number of nitrogens with zero attached hydrogens (tertiary/aromatic N) is 3. The summed E-state index contributed by atoms with van der Waals surface area (Å²) in [6.07, 6.45) is 13.1. The van der Waals surface area contributed by atoms with E-state index in [1.54, 1.807) is 54.9 Å². The molecule has 1 N–H and O–H groups in total. The van der Waals surface area contributed by atoms with Crippen molar-refractivity contribution in [1.82, 2.24) is 15.0 Å². The van der Waals surface area contributed by atoms with E-state index in [4.69, 9.17) is 14.6 Å². The molecule has 0 saturated carbocycles. The van der Waals surface area contributed by atoms with Crippen LogP contribution in [0.5, 0.6) is 5.75 Å². The fraction of sp³-hybridized carbons (Fsp3) is 0.225. The SMILES string of the molecule is C=CC(=O)OCCCCCCCCCOc1ccc(C(=O)O)nc1.Fc1c[c-]c(-c2ccccn2)c(F)c1.Fc1c[c-]c(-c2ccccn2)c(F)c1.[Ir]. The number of carbonyl (C=O) groups is 2.